The first-order valence-corrected chi connectivity index (χ1v) is 9.74. The van der Waals surface area contributed by atoms with Gasteiger partial charge in [-0.25, -0.2) is 4.79 Å². The van der Waals surface area contributed by atoms with Crippen LogP contribution in [-0.2, 0) is 0 Å². The number of hydrogen-bond donors (Lipinski definition) is 0. The summed E-state index contributed by atoms with van der Waals surface area (Å²) in [4.78, 5) is 38.5. The first kappa shape index (κ1) is 18.8. The van der Waals surface area contributed by atoms with Gasteiger partial charge >= 0.3 is 5.63 Å². The molecule has 5 nitrogen and oxygen atoms in total. The molecule has 5 heteroatoms. The zero-order valence-corrected chi connectivity index (χ0v) is 16.5. The summed E-state index contributed by atoms with van der Waals surface area (Å²) in [7, 11) is 0. The Labute approximate surface area is 176 Å². The van der Waals surface area contributed by atoms with Crippen molar-refractivity contribution in [2.45, 2.75) is 6.92 Å². The van der Waals surface area contributed by atoms with Crippen LogP contribution < -0.4 is 11.1 Å². The first-order chi connectivity index (χ1) is 15.0. The minimum absolute atomic E-state index is 0.115. The summed E-state index contributed by atoms with van der Waals surface area (Å²) in [5, 5.41) is 0.752. The quantitative estimate of drug-likeness (QED) is 0.236. The van der Waals surface area contributed by atoms with Gasteiger partial charge in [-0.3, -0.25) is 9.59 Å². The van der Waals surface area contributed by atoms with Crippen molar-refractivity contribution in [2.75, 3.05) is 0 Å². The predicted octanol–water partition coefficient (Wildman–Crippen LogP) is 5.11. The van der Waals surface area contributed by atoms with E-state index >= 15 is 0 Å². The Morgan fingerprint density at radius 1 is 0.774 bits per heavy atom. The maximum atomic E-state index is 13.1. The lowest BCUT2D eigenvalue weighted by atomic mass is 10.0. The average Bonchev–Trinajstić information content (AvgIpc) is 2.81. The molecular formula is C26H16O5. The number of hydrogen-bond acceptors (Lipinski definition) is 5. The highest BCUT2D eigenvalue weighted by molar-refractivity contribution is 6.12. The zero-order chi connectivity index (χ0) is 21.5. The molecule has 31 heavy (non-hydrogen) atoms. The molecule has 0 N–H and O–H groups in total. The Morgan fingerprint density at radius 2 is 1.45 bits per heavy atom. The fourth-order valence-electron chi connectivity index (χ4n) is 3.71. The van der Waals surface area contributed by atoms with E-state index in [1.165, 1.54) is 6.07 Å². The summed E-state index contributed by atoms with van der Waals surface area (Å²) < 4.78 is 11.6. The lowest BCUT2D eigenvalue weighted by molar-refractivity contribution is 0.103. The van der Waals surface area contributed by atoms with E-state index in [1.54, 1.807) is 49.4 Å². The minimum atomic E-state index is -0.738. The van der Waals surface area contributed by atoms with E-state index in [4.69, 9.17) is 8.83 Å². The SMILES string of the molecule is Cc1c(-c2ccccc2)oc2c(ccc3oc(=O)c(C(=O)c4ccccc4)cc32)c1=O. The summed E-state index contributed by atoms with van der Waals surface area (Å²) in [6.07, 6.45) is 0. The van der Waals surface area contributed by atoms with E-state index in [9.17, 15) is 14.4 Å². The molecule has 0 bridgehead atoms. The average molecular weight is 408 g/mol. The number of rotatable bonds is 3. The van der Waals surface area contributed by atoms with Gasteiger partial charge in [0.25, 0.3) is 0 Å². The molecule has 2 aromatic heterocycles. The monoisotopic (exact) mass is 408 g/mol. The van der Waals surface area contributed by atoms with Crippen LogP contribution in [0.5, 0.6) is 0 Å². The number of ketones is 1. The minimum Gasteiger partial charge on any atom is -0.455 e. The van der Waals surface area contributed by atoms with Crippen LogP contribution in [0.25, 0.3) is 33.3 Å². The van der Waals surface area contributed by atoms with Crippen LogP contribution in [0.2, 0.25) is 0 Å². The lowest BCUT2D eigenvalue weighted by Crippen LogP contribution is -2.15. The highest BCUT2D eigenvalue weighted by Gasteiger charge is 2.20. The maximum Gasteiger partial charge on any atom is 0.347 e. The fraction of sp³-hybridized carbons (Fsp3) is 0.0385. The van der Waals surface area contributed by atoms with Crippen molar-refractivity contribution < 1.29 is 13.6 Å². The second kappa shape index (κ2) is 7.22. The number of carbonyl (C=O) groups excluding carboxylic acids is 1. The molecule has 5 aromatic rings. The third kappa shape index (κ3) is 3.07. The predicted molar refractivity (Wildman–Crippen MR) is 119 cm³/mol. The van der Waals surface area contributed by atoms with E-state index in [0.717, 1.165) is 5.56 Å². The van der Waals surface area contributed by atoms with E-state index in [1.807, 2.05) is 30.3 Å². The summed E-state index contributed by atoms with van der Waals surface area (Å²) in [5.41, 5.74) is 1.10. The van der Waals surface area contributed by atoms with E-state index in [2.05, 4.69) is 0 Å². The van der Waals surface area contributed by atoms with Crippen molar-refractivity contribution in [1.82, 2.24) is 0 Å². The molecular weight excluding hydrogens is 392 g/mol. The Kier molecular flexibility index (Phi) is 4.37. The standard InChI is InChI=1S/C26H16O5/c1-15-22(27)18-12-13-21-19(25(18)31-24(15)17-10-6-3-7-11-17)14-20(26(29)30-21)23(28)16-8-4-2-5-9-16/h2-14H,1H3. The van der Waals surface area contributed by atoms with Crippen LogP contribution in [-0.4, -0.2) is 5.78 Å². The van der Waals surface area contributed by atoms with Gasteiger partial charge in [-0.05, 0) is 25.1 Å². The first-order valence-electron chi connectivity index (χ1n) is 9.74. The van der Waals surface area contributed by atoms with Gasteiger partial charge in [0.05, 0.1) is 10.8 Å². The van der Waals surface area contributed by atoms with Gasteiger partial charge in [0.15, 0.2) is 11.2 Å². The number of fused-ring (bicyclic) bond motifs is 3. The second-order valence-electron chi connectivity index (χ2n) is 7.25. The highest BCUT2D eigenvalue weighted by atomic mass is 16.4. The molecule has 0 amide bonds. The molecule has 2 heterocycles. The van der Waals surface area contributed by atoms with Gasteiger partial charge in [0.1, 0.15) is 22.5 Å². The third-order valence-electron chi connectivity index (χ3n) is 5.31. The maximum absolute atomic E-state index is 13.1. The Bertz CT molecular complexity index is 1580. The van der Waals surface area contributed by atoms with Gasteiger partial charge < -0.3 is 8.83 Å². The zero-order valence-electron chi connectivity index (χ0n) is 16.5. The third-order valence-corrected chi connectivity index (χ3v) is 5.31. The normalized spacial score (nSPS) is 11.1. The second-order valence-corrected chi connectivity index (χ2v) is 7.25. The molecule has 0 aliphatic heterocycles. The van der Waals surface area contributed by atoms with Crippen LogP contribution in [0.15, 0.2) is 97.3 Å². The van der Waals surface area contributed by atoms with Gasteiger partial charge in [-0.15, -0.1) is 0 Å². The molecule has 150 valence electrons. The largest absolute Gasteiger partial charge is 0.455 e. The van der Waals surface area contributed by atoms with E-state index in [0.29, 0.717) is 27.7 Å². The Hall–Kier alpha value is -4.25. The van der Waals surface area contributed by atoms with Crippen molar-refractivity contribution in [3.8, 4) is 11.3 Å². The van der Waals surface area contributed by atoms with Crippen molar-refractivity contribution in [2.24, 2.45) is 0 Å². The van der Waals surface area contributed by atoms with Crippen molar-refractivity contribution in [3.05, 3.63) is 116 Å². The molecule has 0 saturated carbocycles. The van der Waals surface area contributed by atoms with Crippen molar-refractivity contribution in [3.63, 3.8) is 0 Å². The van der Waals surface area contributed by atoms with Crippen molar-refractivity contribution in [1.29, 1.82) is 0 Å². The van der Waals surface area contributed by atoms with Gasteiger partial charge in [-0.2, -0.15) is 0 Å². The van der Waals surface area contributed by atoms with Gasteiger partial charge in [0.2, 0.25) is 0 Å². The summed E-state index contributed by atoms with van der Waals surface area (Å²) >= 11 is 0. The molecule has 5 rings (SSSR count). The molecule has 0 unspecified atom stereocenters. The van der Waals surface area contributed by atoms with Crippen molar-refractivity contribution >= 4 is 27.7 Å². The van der Waals surface area contributed by atoms with Gasteiger partial charge in [-0.1, -0.05) is 60.7 Å². The molecule has 0 aliphatic carbocycles. The summed E-state index contributed by atoms with van der Waals surface area (Å²) in [6.45, 7) is 1.72. The van der Waals surface area contributed by atoms with Crippen LogP contribution in [0.4, 0.5) is 0 Å². The lowest BCUT2D eigenvalue weighted by Gasteiger charge is -2.09. The molecule has 0 atom stereocenters. The molecule has 3 aromatic carbocycles. The van der Waals surface area contributed by atoms with Crippen LogP contribution in [0, 0.1) is 6.92 Å². The Balaban J connectivity index is 1.83. The molecule has 0 spiro atoms. The van der Waals surface area contributed by atoms with Crippen LogP contribution in [0.3, 0.4) is 0 Å². The van der Waals surface area contributed by atoms with E-state index < -0.39 is 11.4 Å². The number of benzene rings is 3. The van der Waals surface area contributed by atoms with Gasteiger partial charge in [0, 0.05) is 16.7 Å². The fourth-order valence-corrected chi connectivity index (χ4v) is 3.71. The highest BCUT2D eigenvalue weighted by Crippen LogP contribution is 2.30. The molecule has 0 radical (unpaired) electrons. The van der Waals surface area contributed by atoms with Crippen LogP contribution >= 0.6 is 0 Å². The number of carbonyl (C=O) groups is 1. The Morgan fingerprint density at radius 3 is 2.16 bits per heavy atom. The topological polar surface area (TPSA) is 77.5 Å². The summed E-state index contributed by atoms with van der Waals surface area (Å²) in [5.74, 6) is -0.0151. The van der Waals surface area contributed by atoms with E-state index in [-0.39, 0.29) is 22.2 Å². The smallest absolute Gasteiger partial charge is 0.347 e. The molecule has 0 fully saturated rings. The summed E-state index contributed by atoms with van der Waals surface area (Å²) in [6, 6.07) is 22.4. The van der Waals surface area contributed by atoms with Crippen LogP contribution in [0.1, 0.15) is 21.5 Å². The molecule has 0 saturated heterocycles. The molecule has 0 aliphatic rings.